The van der Waals surface area contributed by atoms with E-state index in [4.69, 9.17) is 11.6 Å². The smallest absolute Gasteiger partial charge is 0.264 e. The average molecular weight is 445 g/mol. The number of carbonyl (C=O) groups excluding carboxylic acids is 1. The first-order chi connectivity index (χ1) is 14.3. The summed E-state index contributed by atoms with van der Waals surface area (Å²) in [5.41, 5.74) is 2.08. The monoisotopic (exact) mass is 444 g/mol. The van der Waals surface area contributed by atoms with Gasteiger partial charge in [-0.3, -0.25) is 9.10 Å². The summed E-state index contributed by atoms with van der Waals surface area (Å²) in [7, 11) is -3.71. The van der Waals surface area contributed by atoms with Gasteiger partial charge < -0.3 is 5.32 Å². The normalized spacial score (nSPS) is 15.7. The maximum atomic E-state index is 13.3. The van der Waals surface area contributed by atoms with E-state index in [2.05, 4.69) is 5.32 Å². The molecule has 3 aromatic rings. The number of benzene rings is 3. The summed E-state index contributed by atoms with van der Waals surface area (Å²) in [4.78, 5) is 12.8. The van der Waals surface area contributed by atoms with E-state index >= 15 is 0 Å². The second kappa shape index (κ2) is 7.74. The lowest BCUT2D eigenvalue weighted by atomic mass is 10.1. The maximum absolute atomic E-state index is 13.3. The molecular formula is C22H18ClFN2O3S. The molecule has 1 amide bonds. The highest BCUT2D eigenvalue weighted by atomic mass is 35.5. The fraction of sp³-hybridized carbons (Fsp3) is 0.136. The van der Waals surface area contributed by atoms with Crippen LogP contribution in [0.2, 0.25) is 5.02 Å². The number of amides is 1. The molecule has 1 atom stereocenters. The molecule has 1 aliphatic rings. The molecule has 30 heavy (non-hydrogen) atoms. The van der Waals surface area contributed by atoms with E-state index in [0.29, 0.717) is 23.4 Å². The second-order valence-corrected chi connectivity index (χ2v) is 9.32. The van der Waals surface area contributed by atoms with Gasteiger partial charge in [0.05, 0.1) is 15.6 Å². The molecule has 0 aromatic heterocycles. The second-order valence-electron chi connectivity index (χ2n) is 7.09. The summed E-state index contributed by atoms with van der Waals surface area (Å²) in [6.07, 6.45) is 0.491. The third kappa shape index (κ3) is 3.66. The van der Waals surface area contributed by atoms with E-state index in [-0.39, 0.29) is 16.0 Å². The number of nitrogens with one attached hydrogen (secondary N) is 1. The minimum absolute atomic E-state index is 0.0858. The number of sulfonamides is 1. The zero-order chi connectivity index (χ0) is 21.5. The first kappa shape index (κ1) is 20.4. The number of anilines is 2. The zero-order valence-corrected chi connectivity index (χ0v) is 17.5. The van der Waals surface area contributed by atoms with Crippen molar-refractivity contribution in [3.05, 3.63) is 88.7 Å². The van der Waals surface area contributed by atoms with Crippen molar-refractivity contribution in [2.45, 2.75) is 24.3 Å². The standard InChI is InChI=1S/C22H18ClFN2O3S/c1-14-11-16-12-15(22(27)25-17-8-9-20(24)19(23)13-17)7-10-21(16)26(14)30(28,29)18-5-3-2-4-6-18/h2-10,12-14H,11H2,1H3,(H,25,27)/t14-/m1/s1. The number of fused-ring (bicyclic) bond motifs is 1. The molecule has 8 heteroatoms. The molecule has 5 nitrogen and oxygen atoms in total. The first-order valence-corrected chi connectivity index (χ1v) is 11.1. The van der Waals surface area contributed by atoms with Crippen LogP contribution < -0.4 is 9.62 Å². The lowest BCUT2D eigenvalue weighted by molar-refractivity contribution is 0.102. The molecule has 0 bridgehead atoms. The zero-order valence-electron chi connectivity index (χ0n) is 16.0. The summed E-state index contributed by atoms with van der Waals surface area (Å²) in [6, 6.07) is 16.8. The van der Waals surface area contributed by atoms with Crippen molar-refractivity contribution < 1.29 is 17.6 Å². The van der Waals surface area contributed by atoms with Gasteiger partial charge in [-0.1, -0.05) is 29.8 Å². The fourth-order valence-corrected chi connectivity index (χ4v) is 5.49. The van der Waals surface area contributed by atoms with E-state index in [1.807, 2.05) is 6.92 Å². The van der Waals surface area contributed by atoms with Gasteiger partial charge >= 0.3 is 0 Å². The Morgan fingerprint density at radius 1 is 1.10 bits per heavy atom. The molecule has 0 saturated heterocycles. The predicted molar refractivity (Wildman–Crippen MR) is 115 cm³/mol. The van der Waals surface area contributed by atoms with Gasteiger partial charge in [0.1, 0.15) is 5.82 Å². The molecule has 0 fully saturated rings. The molecule has 3 aromatic carbocycles. The Bertz CT molecular complexity index is 1230. The van der Waals surface area contributed by atoms with Crippen LogP contribution in [0.15, 0.2) is 71.6 Å². The average Bonchev–Trinajstić information content (AvgIpc) is 3.07. The van der Waals surface area contributed by atoms with Crippen LogP contribution in [-0.2, 0) is 16.4 Å². The number of rotatable bonds is 4. The van der Waals surface area contributed by atoms with Crippen LogP contribution in [-0.4, -0.2) is 20.4 Å². The largest absolute Gasteiger partial charge is 0.322 e. The fourth-order valence-electron chi connectivity index (χ4n) is 3.59. The highest BCUT2D eigenvalue weighted by Gasteiger charge is 2.36. The molecule has 1 aliphatic heterocycles. The third-order valence-corrected chi connectivity index (χ3v) is 7.20. The summed E-state index contributed by atoms with van der Waals surface area (Å²) < 4.78 is 41.0. The van der Waals surface area contributed by atoms with Gasteiger partial charge in [0, 0.05) is 17.3 Å². The van der Waals surface area contributed by atoms with Crippen molar-refractivity contribution in [2.75, 3.05) is 9.62 Å². The van der Waals surface area contributed by atoms with E-state index in [0.717, 1.165) is 5.56 Å². The molecule has 0 saturated carbocycles. The Morgan fingerprint density at radius 3 is 2.53 bits per heavy atom. The molecule has 1 N–H and O–H groups in total. The Balaban J connectivity index is 1.62. The molecule has 154 valence electrons. The van der Waals surface area contributed by atoms with Gasteiger partial charge in [-0.15, -0.1) is 0 Å². The van der Waals surface area contributed by atoms with E-state index in [1.54, 1.807) is 48.5 Å². The number of halogens is 2. The lowest BCUT2D eigenvalue weighted by Crippen LogP contribution is -2.35. The first-order valence-electron chi connectivity index (χ1n) is 9.26. The Kier molecular flexibility index (Phi) is 5.26. The van der Waals surface area contributed by atoms with Gasteiger partial charge in [-0.2, -0.15) is 0 Å². The molecule has 4 rings (SSSR count). The van der Waals surface area contributed by atoms with Gasteiger partial charge in [-0.05, 0) is 67.4 Å². The summed E-state index contributed by atoms with van der Waals surface area (Å²) >= 11 is 5.76. The molecule has 1 heterocycles. The van der Waals surface area contributed by atoms with Crippen LogP contribution in [0.25, 0.3) is 0 Å². The lowest BCUT2D eigenvalue weighted by Gasteiger charge is -2.24. The van der Waals surface area contributed by atoms with Crippen molar-refractivity contribution in [1.82, 2.24) is 0 Å². The van der Waals surface area contributed by atoms with Crippen LogP contribution in [0.1, 0.15) is 22.8 Å². The van der Waals surface area contributed by atoms with Crippen LogP contribution in [0, 0.1) is 5.82 Å². The third-order valence-electron chi connectivity index (χ3n) is 4.97. The van der Waals surface area contributed by atoms with Gasteiger partial charge in [0.2, 0.25) is 0 Å². The quantitative estimate of drug-likeness (QED) is 0.624. The van der Waals surface area contributed by atoms with E-state index in [9.17, 15) is 17.6 Å². The topological polar surface area (TPSA) is 66.5 Å². The van der Waals surface area contributed by atoms with Crippen LogP contribution in [0.3, 0.4) is 0 Å². The van der Waals surface area contributed by atoms with Crippen molar-refractivity contribution in [3.63, 3.8) is 0 Å². The minimum Gasteiger partial charge on any atom is -0.322 e. The Morgan fingerprint density at radius 2 is 1.83 bits per heavy atom. The summed E-state index contributed by atoms with van der Waals surface area (Å²) in [5, 5.41) is 2.59. The number of carbonyl (C=O) groups is 1. The van der Waals surface area contributed by atoms with Crippen LogP contribution >= 0.6 is 11.6 Å². The molecule has 0 spiro atoms. The van der Waals surface area contributed by atoms with Gasteiger partial charge in [0.25, 0.3) is 15.9 Å². The molecule has 0 aliphatic carbocycles. The van der Waals surface area contributed by atoms with Gasteiger partial charge in [0.15, 0.2) is 0 Å². The minimum atomic E-state index is -3.71. The molecular weight excluding hydrogens is 427 g/mol. The number of nitrogens with zero attached hydrogens (tertiary/aromatic N) is 1. The van der Waals surface area contributed by atoms with Crippen molar-refractivity contribution in [3.8, 4) is 0 Å². The Labute approximate surface area is 179 Å². The maximum Gasteiger partial charge on any atom is 0.264 e. The van der Waals surface area contributed by atoms with E-state index < -0.39 is 21.7 Å². The molecule has 0 radical (unpaired) electrons. The predicted octanol–water partition coefficient (Wildman–Crippen LogP) is 4.87. The summed E-state index contributed by atoms with van der Waals surface area (Å²) in [6.45, 7) is 1.83. The SMILES string of the molecule is C[C@@H]1Cc2cc(C(=O)Nc3ccc(F)c(Cl)c3)ccc2N1S(=O)(=O)c1ccccc1. The Hall–Kier alpha value is -2.90. The van der Waals surface area contributed by atoms with Gasteiger partial charge in [-0.25, -0.2) is 12.8 Å². The van der Waals surface area contributed by atoms with Crippen molar-refractivity contribution in [2.24, 2.45) is 0 Å². The number of hydrogen-bond acceptors (Lipinski definition) is 3. The van der Waals surface area contributed by atoms with E-state index in [1.165, 1.54) is 22.5 Å². The summed E-state index contributed by atoms with van der Waals surface area (Å²) in [5.74, 6) is -0.960. The highest BCUT2D eigenvalue weighted by Crippen LogP contribution is 2.37. The van der Waals surface area contributed by atoms with Crippen molar-refractivity contribution >= 4 is 38.9 Å². The molecule has 0 unspecified atom stereocenters. The van der Waals surface area contributed by atoms with Crippen molar-refractivity contribution in [1.29, 1.82) is 0 Å². The number of hydrogen-bond donors (Lipinski definition) is 1. The van der Waals surface area contributed by atoms with Crippen LogP contribution in [0.5, 0.6) is 0 Å². The highest BCUT2D eigenvalue weighted by molar-refractivity contribution is 7.92. The van der Waals surface area contributed by atoms with Crippen LogP contribution in [0.4, 0.5) is 15.8 Å².